The summed E-state index contributed by atoms with van der Waals surface area (Å²) in [6.07, 6.45) is -5.66. The molecular weight excluding hydrogens is 204 g/mol. The van der Waals surface area contributed by atoms with E-state index in [0.29, 0.717) is 0 Å². The topological polar surface area (TPSA) is 107 Å². The van der Waals surface area contributed by atoms with Gasteiger partial charge >= 0.3 is 5.97 Å². The lowest BCUT2D eigenvalue weighted by Crippen LogP contribution is -2.59. The second-order valence-electron chi connectivity index (χ2n) is 3.90. The van der Waals surface area contributed by atoms with Crippen LogP contribution in [0.3, 0.4) is 0 Å². The molecule has 1 aliphatic heterocycles. The Balaban J connectivity index is 2.78. The number of hydrogen-bond acceptors (Lipinski definition) is 5. The molecule has 0 aromatic carbocycles. The van der Waals surface area contributed by atoms with Gasteiger partial charge in [-0.05, 0) is 13.8 Å². The fourth-order valence-corrected chi connectivity index (χ4v) is 1.64. The SMILES string of the molecule is CC(C(=O)O)C1O[C@@H](C)[C@H](O)[C@@H](O)[C@H]1O. The van der Waals surface area contributed by atoms with Gasteiger partial charge in [0.25, 0.3) is 0 Å². The first-order valence-electron chi connectivity index (χ1n) is 4.78. The summed E-state index contributed by atoms with van der Waals surface area (Å²) < 4.78 is 5.16. The molecule has 0 aromatic heterocycles. The zero-order chi connectivity index (χ0) is 11.7. The van der Waals surface area contributed by atoms with Crippen molar-refractivity contribution in [3.05, 3.63) is 0 Å². The monoisotopic (exact) mass is 220 g/mol. The number of rotatable bonds is 2. The molecule has 1 rings (SSSR count). The molecule has 4 N–H and O–H groups in total. The first kappa shape index (κ1) is 12.4. The van der Waals surface area contributed by atoms with Crippen LogP contribution >= 0.6 is 0 Å². The quantitative estimate of drug-likeness (QED) is 0.455. The molecule has 88 valence electrons. The number of ether oxygens (including phenoxy) is 1. The van der Waals surface area contributed by atoms with Crippen LogP contribution in [0.5, 0.6) is 0 Å². The minimum atomic E-state index is -1.39. The summed E-state index contributed by atoms with van der Waals surface area (Å²) in [5, 5.41) is 37.1. The molecule has 6 heteroatoms. The smallest absolute Gasteiger partial charge is 0.308 e. The summed E-state index contributed by atoms with van der Waals surface area (Å²) in [6, 6.07) is 0. The van der Waals surface area contributed by atoms with Gasteiger partial charge in [-0.2, -0.15) is 0 Å². The Kier molecular flexibility index (Phi) is 3.67. The lowest BCUT2D eigenvalue weighted by atomic mass is 9.89. The van der Waals surface area contributed by atoms with Crippen molar-refractivity contribution in [3.8, 4) is 0 Å². The van der Waals surface area contributed by atoms with E-state index in [1.54, 1.807) is 0 Å². The number of hydrogen-bond donors (Lipinski definition) is 4. The maximum Gasteiger partial charge on any atom is 0.308 e. The highest BCUT2D eigenvalue weighted by molar-refractivity contribution is 5.70. The summed E-state index contributed by atoms with van der Waals surface area (Å²) in [4.78, 5) is 10.7. The van der Waals surface area contributed by atoms with Crippen LogP contribution in [0.1, 0.15) is 13.8 Å². The summed E-state index contributed by atoms with van der Waals surface area (Å²) in [5.74, 6) is -2.06. The highest BCUT2D eigenvalue weighted by atomic mass is 16.5. The molecule has 0 aromatic rings. The zero-order valence-electron chi connectivity index (χ0n) is 8.57. The Morgan fingerprint density at radius 3 is 2.20 bits per heavy atom. The van der Waals surface area contributed by atoms with Gasteiger partial charge in [-0.3, -0.25) is 4.79 Å². The minimum absolute atomic E-state index is 0.699. The first-order chi connectivity index (χ1) is 6.86. The Morgan fingerprint density at radius 1 is 1.20 bits per heavy atom. The van der Waals surface area contributed by atoms with Crippen LogP contribution < -0.4 is 0 Å². The third-order valence-corrected chi connectivity index (χ3v) is 2.77. The fourth-order valence-electron chi connectivity index (χ4n) is 1.64. The van der Waals surface area contributed by atoms with Gasteiger partial charge in [0, 0.05) is 0 Å². The van der Waals surface area contributed by atoms with E-state index >= 15 is 0 Å². The van der Waals surface area contributed by atoms with Gasteiger partial charge in [0.2, 0.25) is 0 Å². The number of carboxylic acids is 1. The van der Waals surface area contributed by atoms with Crippen LogP contribution in [0.2, 0.25) is 0 Å². The number of aliphatic hydroxyl groups excluding tert-OH is 3. The molecule has 1 heterocycles. The Bertz CT molecular complexity index is 243. The van der Waals surface area contributed by atoms with E-state index in [9.17, 15) is 20.1 Å². The third-order valence-electron chi connectivity index (χ3n) is 2.77. The van der Waals surface area contributed by atoms with Crippen LogP contribution in [-0.4, -0.2) is 56.9 Å². The van der Waals surface area contributed by atoms with Crippen molar-refractivity contribution in [2.75, 3.05) is 0 Å². The van der Waals surface area contributed by atoms with Crippen molar-refractivity contribution in [3.63, 3.8) is 0 Å². The average Bonchev–Trinajstić information content (AvgIpc) is 2.19. The summed E-state index contributed by atoms with van der Waals surface area (Å²) in [7, 11) is 0. The molecule has 0 amide bonds. The molecule has 1 saturated heterocycles. The third kappa shape index (κ3) is 2.28. The lowest BCUT2D eigenvalue weighted by Gasteiger charge is -2.40. The van der Waals surface area contributed by atoms with Crippen molar-refractivity contribution in [2.45, 2.75) is 44.4 Å². The molecule has 15 heavy (non-hydrogen) atoms. The summed E-state index contributed by atoms with van der Waals surface area (Å²) in [6.45, 7) is 2.90. The predicted octanol–water partition coefficient (Wildman–Crippen LogP) is -1.42. The molecule has 0 saturated carbocycles. The van der Waals surface area contributed by atoms with E-state index in [1.807, 2.05) is 0 Å². The van der Waals surface area contributed by atoms with Gasteiger partial charge in [0.05, 0.1) is 18.1 Å². The van der Waals surface area contributed by atoms with Crippen LogP contribution in [0.4, 0.5) is 0 Å². The van der Waals surface area contributed by atoms with Crippen LogP contribution in [0.25, 0.3) is 0 Å². The minimum Gasteiger partial charge on any atom is -0.481 e. The average molecular weight is 220 g/mol. The highest BCUT2D eigenvalue weighted by Gasteiger charge is 2.45. The molecule has 1 fully saturated rings. The maximum atomic E-state index is 10.7. The molecular formula is C9H16O6. The second-order valence-corrected chi connectivity index (χ2v) is 3.90. The molecule has 0 aliphatic carbocycles. The summed E-state index contributed by atoms with van der Waals surface area (Å²) >= 11 is 0. The van der Waals surface area contributed by atoms with E-state index in [1.165, 1.54) is 13.8 Å². The Morgan fingerprint density at radius 2 is 1.73 bits per heavy atom. The standard InChI is InChI=1S/C9H16O6/c1-3(9(13)14)8-7(12)6(11)5(10)4(2)15-8/h3-8,10-12H,1-2H3,(H,13,14)/t3?,4-,5-,6+,7+,8?/m0/s1. The molecule has 6 nitrogen and oxygen atoms in total. The fraction of sp³-hybridized carbons (Fsp3) is 0.889. The summed E-state index contributed by atoms with van der Waals surface area (Å²) in [5.41, 5.74) is 0. The number of aliphatic carboxylic acids is 1. The van der Waals surface area contributed by atoms with Crippen molar-refractivity contribution >= 4 is 5.97 Å². The van der Waals surface area contributed by atoms with Gasteiger partial charge in [0.1, 0.15) is 18.3 Å². The van der Waals surface area contributed by atoms with Crippen molar-refractivity contribution in [2.24, 2.45) is 5.92 Å². The van der Waals surface area contributed by atoms with Crippen molar-refractivity contribution < 1.29 is 30.0 Å². The van der Waals surface area contributed by atoms with Gasteiger partial charge in [-0.1, -0.05) is 0 Å². The zero-order valence-corrected chi connectivity index (χ0v) is 8.57. The van der Waals surface area contributed by atoms with E-state index < -0.39 is 42.4 Å². The van der Waals surface area contributed by atoms with Crippen molar-refractivity contribution in [1.29, 1.82) is 0 Å². The second kappa shape index (κ2) is 4.44. The lowest BCUT2D eigenvalue weighted by molar-refractivity contribution is -0.229. The first-order valence-corrected chi connectivity index (χ1v) is 4.78. The van der Waals surface area contributed by atoms with E-state index in [-0.39, 0.29) is 0 Å². The molecule has 6 atom stereocenters. The van der Waals surface area contributed by atoms with E-state index in [2.05, 4.69) is 0 Å². The molecule has 0 radical (unpaired) electrons. The molecule has 0 spiro atoms. The van der Waals surface area contributed by atoms with E-state index in [0.717, 1.165) is 0 Å². The molecule has 0 bridgehead atoms. The number of aliphatic hydroxyl groups is 3. The Labute approximate surface area is 87.1 Å². The normalized spacial score (nSPS) is 43.7. The number of carboxylic acid groups (broad SMARTS) is 1. The van der Waals surface area contributed by atoms with Crippen LogP contribution in [0, 0.1) is 5.92 Å². The van der Waals surface area contributed by atoms with Gasteiger partial charge < -0.3 is 25.2 Å². The van der Waals surface area contributed by atoms with E-state index in [4.69, 9.17) is 9.84 Å². The molecule has 2 unspecified atom stereocenters. The molecule has 1 aliphatic rings. The number of carbonyl (C=O) groups is 1. The largest absolute Gasteiger partial charge is 0.481 e. The van der Waals surface area contributed by atoms with Crippen molar-refractivity contribution in [1.82, 2.24) is 0 Å². The van der Waals surface area contributed by atoms with Gasteiger partial charge in [-0.15, -0.1) is 0 Å². The predicted molar refractivity (Wildman–Crippen MR) is 49.2 cm³/mol. The Hall–Kier alpha value is -0.690. The van der Waals surface area contributed by atoms with Gasteiger partial charge in [-0.25, -0.2) is 0 Å². The van der Waals surface area contributed by atoms with Crippen LogP contribution in [-0.2, 0) is 9.53 Å². The maximum absolute atomic E-state index is 10.7. The highest BCUT2D eigenvalue weighted by Crippen LogP contribution is 2.25. The van der Waals surface area contributed by atoms with Gasteiger partial charge in [0.15, 0.2) is 0 Å². The van der Waals surface area contributed by atoms with Crippen LogP contribution in [0.15, 0.2) is 0 Å².